The summed E-state index contributed by atoms with van der Waals surface area (Å²) in [6, 6.07) is 0.220. The lowest BCUT2D eigenvalue weighted by molar-refractivity contribution is -0.120. The summed E-state index contributed by atoms with van der Waals surface area (Å²) in [5, 5.41) is 8.56. The standard InChI is InChI=1S/C11H20N6O2/c1-4-6-13-8(18)5-7-14-10-15-9(12-2)16-11(17-10)19-3/h4-7H2,1-3H3,(H,13,18)(H2,12,14,15,16,17). The third kappa shape index (κ3) is 5.36. The number of ether oxygens (including phenoxy) is 1. The Morgan fingerprint density at radius 1 is 1.21 bits per heavy atom. The Labute approximate surface area is 112 Å². The first-order chi connectivity index (χ1) is 9.19. The summed E-state index contributed by atoms with van der Waals surface area (Å²) in [4.78, 5) is 23.5. The molecule has 3 N–H and O–H groups in total. The van der Waals surface area contributed by atoms with Crippen molar-refractivity contribution in [3.05, 3.63) is 0 Å². The Morgan fingerprint density at radius 3 is 2.58 bits per heavy atom. The second kappa shape index (κ2) is 8.06. The maximum atomic E-state index is 11.4. The molecule has 0 unspecified atom stereocenters. The molecule has 0 aromatic carbocycles. The zero-order valence-electron chi connectivity index (χ0n) is 11.5. The average molecular weight is 268 g/mol. The van der Waals surface area contributed by atoms with Gasteiger partial charge in [-0.3, -0.25) is 4.79 Å². The number of carbonyl (C=O) groups excluding carboxylic acids is 1. The van der Waals surface area contributed by atoms with Crippen LogP contribution in [0.4, 0.5) is 11.9 Å². The van der Waals surface area contributed by atoms with Crippen LogP contribution >= 0.6 is 0 Å². The van der Waals surface area contributed by atoms with E-state index in [0.717, 1.165) is 6.42 Å². The molecule has 0 aliphatic heterocycles. The van der Waals surface area contributed by atoms with E-state index in [1.807, 2.05) is 6.92 Å². The zero-order valence-corrected chi connectivity index (χ0v) is 11.5. The van der Waals surface area contributed by atoms with E-state index in [1.165, 1.54) is 7.11 Å². The third-order valence-corrected chi connectivity index (χ3v) is 2.23. The first-order valence-electron chi connectivity index (χ1n) is 6.18. The number of aromatic nitrogens is 3. The summed E-state index contributed by atoms with van der Waals surface area (Å²) in [5.74, 6) is 0.786. The van der Waals surface area contributed by atoms with Crippen LogP contribution < -0.4 is 20.7 Å². The van der Waals surface area contributed by atoms with Gasteiger partial charge in [0.15, 0.2) is 0 Å². The molecule has 0 radical (unpaired) electrons. The molecule has 0 fully saturated rings. The van der Waals surface area contributed by atoms with Gasteiger partial charge in [0.05, 0.1) is 7.11 Å². The fraction of sp³-hybridized carbons (Fsp3) is 0.636. The molecule has 0 atom stereocenters. The Hall–Kier alpha value is -2.12. The quantitative estimate of drug-likeness (QED) is 0.621. The van der Waals surface area contributed by atoms with Crippen LogP contribution in [0.2, 0.25) is 0 Å². The van der Waals surface area contributed by atoms with Crippen molar-refractivity contribution in [1.82, 2.24) is 20.3 Å². The average Bonchev–Trinajstić information content (AvgIpc) is 2.44. The van der Waals surface area contributed by atoms with E-state index in [0.29, 0.717) is 31.4 Å². The minimum Gasteiger partial charge on any atom is -0.467 e. The largest absolute Gasteiger partial charge is 0.467 e. The first-order valence-corrected chi connectivity index (χ1v) is 6.18. The number of hydrogen-bond acceptors (Lipinski definition) is 7. The maximum absolute atomic E-state index is 11.4. The lowest BCUT2D eigenvalue weighted by Crippen LogP contribution is -2.26. The summed E-state index contributed by atoms with van der Waals surface area (Å²) in [6.07, 6.45) is 1.29. The number of carbonyl (C=O) groups is 1. The van der Waals surface area contributed by atoms with Crippen LogP contribution in [0.25, 0.3) is 0 Å². The van der Waals surface area contributed by atoms with Gasteiger partial charge in [-0.05, 0) is 6.42 Å². The molecule has 1 aromatic rings. The van der Waals surface area contributed by atoms with Crippen molar-refractivity contribution in [3.63, 3.8) is 0 Å². The fourth-order valence-corrected chi connectivity index (χ4v) is 1.28. The number of nitrogens with one attached hydrogen (secondary N) is 3. The molecule has 1 amide bonds. The highest BCUT2D eigenvalue weighted by molar-refractivity contribution is 5.76. The molecule has 0 aliphatic carbocycles. The van der Waals surface area contributed by atoms with Gasteiger partial charge < -0.3 is 20.7 Å². The Bertz CT molecular complexity index is 390. The first kappa shape index (κ1) is 14.9. The van der Waals surface area contributed by atoms with E-state index >= 15 is 0 Å². The van der Waals surface area contributed by atoms with Gasteiger partial charge in [-0.25, -0.2) is 0 Å². The molecule has 0 bridgehead atoms. The van der Waals surface area contributed by atoms with Crippen LogP contribution in [0.15, 0.2) is 0 Å². The number of anilines is 2. The van der Waals surface area contributed by atoms with Gasteiger partial charge in [0.2, 0.25) is 17.8 Å². The van der Waals surface area contributed by atoms with E-state index in [1.54, 1.807) is 7.05 Å². The van der Waals surface area contributed by atoms with Crippen molar-refractivity contribution in [2.24, 2.45) is 0 Å². The molecule has 19 heavy (non-hydrogen) atoms. The summed E-state index contributed by atoms with van der Waals surface area (Å²) in [7, 11) is 3.19. The smallest absolute Gasteiger partial charge is 0.322 e. The molecule has 0 saturated carbocycles. The van der Waals surface area contributed by atoms with Crippen molar-refractivity contribution in [2.45, 2.75) is 19.8 Å². The van der Waals surface area contributed by atoms with Crippen LogP contribution in [0.1, 0.15) is 19.8 Å². The van der Waals surface area contributed by atoms with Crippen molar-refractivity contribution in [1.29, 1.82) is 0 Å². The monoisotopic (exact) mass is 268 g/mol. The maximum Gasteiger partial charge on any atom is 0.322 e. The van der Waals surface area contributed by atoms with Crippen molar-refractivity contribution in [3.8, 4) is 6.01 Å². The Morgan fingerprint density at radius 2 is 1.95 bits per heavy atom. The number of nitrogens with zero attached hydrogens (tertiary/aromatic N) is 3. The zero-order chi connectivity index (χ0) is 14.1. The van der Waals surface area contributed by atoms with Gasteiger partial charge in [0.1, 0.15) is 0 Å². The molecule has 0 spiro atoms. The van der Waals surface area contributed by atoms with Gasteiger partial charge in [0.25, 0.3) is 0 Å². The third-order valence-electron chi connectivity index (χ3n) is 2.23. The molecule has 0 aliphatic rings. The Balaban J connectivity index is 2.46. The topological polar surface area (TPSA) is 101 Å². The molecule has 1 heterocycles. The molecular weight excluding hydrogens is 248 g/mol. The molecule has 8 nitrogen and oxygen atoms in total. The minimum absolute atomic E-state index is 0.00390. The van der Waals surface area contributed by atoms with E-state index in [4.69, 9.17) is 4.74 Å². The fourth-order valence-electron chi connectivity index (χ4n) is 1.28. The molecular formula is C11H20N6O2. The number of rotatable bonds is 8. The Kier molecular flexibility index (Phi) is 6.34. The van der Waals surface area contributed by atoms with Crippen LogP contribution in [-0.4, -0.2) is 48.1 Å². The molecule has 8 heteroatoms. The van der Waals surface area contributed by atoms with Crippen LogP contribution in [0, 0.1) is 0 Å². The van der Waals surface area contributed by atoms with Crippen LogP contribution in [0.5, 0.6) is 6.01 Å². The van der Waals surface area contributed by atoms with Gasteiger partial charge >= 0.3 is 6.01 Å². The summed E-state index contributed by atoms with van der Waals surface area (Å²) < 4.78 is 4.96. The van der Waals surface area contributed by atoms with Gasteiger partial charge in [-0.1, -0.05) is 6.92 Å². The summed E-state index contributed by atoms with van der Waals surface area (Å²) in [5.41, 5.74) is 0. The minimum atomic E-state index is 0.00390. The molecule has 0 saturated heterocycles. The van der Waals surface area contributed by atoms with Crippen LogP contribution in [-0.2, 0) is 4.79 Å². The SMILES string of the molecule is CCCNC(=O)CCNc1nc(NC)nc(OC)n1. The highest BCUT2D eigenvalue weighted by Crippen LogP contribution is 2.09. The number of methoxy groups -OCH3 is 1. The predicted molar refractivity (Wildman–Crippen MR) is 72.3 cm³/mol. The lowest BCUT2D eigenvalue weighted by atomic mass is 10.4. The molecule has 1 aromatic heterocycles. The number of hydrogen-bond donors (Lipinski definition) is 3. The van der Waals surface area contributed by atoms with E-state index < -0.39 is 0 Å². The second-order valence-electron chi connectivity index (χ2n) is 3.75. The van der Waals surface area contributed by atoms with Crippen molar-refractivity contribution in [2.75, 3.05) is 37.9 Å². The van der Waals surface area contributed by atoms with Crippen molar-refractivity contribution >= 4 is 17.8 Å². The normalized spacial score (nSPS) is 9.84. The lowest BCUT2D eigenvalue weighted by Gasteiger charge is -2.08. The van der Waals surface area contributed by atoms with E-state index in [2.05, 4.69) is 30.9 Å². The van der Waals surface area contributed by atoms with Crippen molar-refractivity contribution < 1.29 is 9.53 Å². The van der Waals surface area contributed by atoms with Gasteiger partial charge in [-0.15, -0.1) is 0 Å². The molecule has 1 rings (SSSR count). The number of amides is 1. The molecule has 106 valence electrons. The predicted octanol–water partition coefficient (Wildman–Crippen LogP) is 0.250. The highest BCUT2D eigenvalue weighted by atomic mass is 16.5. The summed E-state index contributed by atoms with van der Waals surface area (Å²) >= 11 is 0. The second-order valence-corrected chi connectivity index (χ2v) is 3.75. The van der Waals surface area contributed by atoms with Gasteiger partial charge in [0, 0.05) is 26.6 Å². The van der Waals surface area contributed by atoms with Gasteiger partial charge in [-0.2, -0.15) is 15.0 Å². The van der Waals surface area contributed by atoms with E-state index in [-0.39, 0.29) is 11.9 Å². The highest BCUT2D eigenvalue weighted by Gasteiger charge is 2.06. The van der Waals surface area contributed by atoms with E-state index in [9.17, 15) is 4.79 Å². The summed E-state index contributed by atoms with van der Waals surface area (Å²) in [6.45, 7) is 3.16. The van der Waals surface area contributed by atoms with Crippen LogP contribution in [0.3, 0.4) is 0 Å².